The number of pyridine rings is 2. The van der Waals surface area contributed by atoms with Crippen LogP contribution in [0.25, 0.3) is 21.9 Å². The molecule has 0 atom stereocenters. The molecule has 3 nitrogen and oxygen atoms in total. The summed E-state index contributed by atoms with van der Waals surface area (Å²) in [6.45, 7) is 0.504. The molecule has 0 aliphatic carbocycles. The van der Waals surface area contributed by atoms with E-state index in [9.17, 15) is 0 Å². The van der Waals surface area contributed by atoms with Crippen LogP contribution in [0.2, 0.25) is 0 Å². The average Bonchev–Trinajstić information content (AvgIpc) is 2.47. The van der Waals surface area contributed by atoms with Gasteiger partial charge in [-0.2, -0.15) is 0 Å². The standard InChI is InChI=1S/C15H13N3/c16-7-11-6-13(9-18-8-11)14-3-1-2-12-4-5-17-10-15(12)14/h1-6,8-10H,7,16H2. The van der Waals surface area contributed by atoms with Crippen molar-refractivity contribution >= 4 is 10.8 Å². The molecule has 0 saturated carbocycles. The lowest BCUT2D eigenvalue weighted by Gasteiger charge is -2.07. The van der Waals surface area contributed by atoms with Gasteiger partial charge in [0.1, 0.15) is 0 Å². The smallest absolute Gasteiger partial charge is 0.0352 e. The quantitative estimate of drug-likeness (QED) is 0.743. The van der Waals surface area contributed by atoms with E-state index in [-0.39, 0.29) is 0 Å². The van der Waals surface area contributed by atoms with Crippen LogP contribution in [-0.4, -0.2) is 9.97 Å². The maximum atomic E-state index is 5.66. The van der Waals surface area contributed by atoms with E-state index in [1.807, 2.05) is 24.5 Å². The monoisotopic (exact) mass is 235 g/mol. The number of aromatic nitrogens is 2. The number of fused-ring (bicyclic) bond motifs is 1. The van der Waals surface area contributed by atoms with Gasteiger partial charge in [-0.05, 0) is 28.6 Å². The lowest BCUT2D eigenvalue weighted by molar-refractivity contribution is 1.05. The molecule has 0 aliphatic rings. The zero-order chi connectivity index (χ0) is 12.4. The van der Waals surface area contributed by atoms with Gasteiger partial charge in [-0.15, -0.1) is 0 Å². The lowest BCUT2D eigenvalue weighted by Crippen LogP contribution is -1.97. The van der Waals surface area contributed by atoms with Crippen molar-refractivity contribution < 1.29 is 0 Å². The summed E-state index contributed by atoms with van der Waals surface area (Å²) in [7, 11) is 0. The summed E-state index contributed by atoms with van der Waals surface area (Å²) in [6.07, 6.45) is 7.36. The molecule has 18 heavy (non-hydrogen) atoms. The highest BCUT2D eigenvalue weighted by molar-refractivity contribution is 5.95. The second-order valence-corrected chi connectivity index (χ2v) is 4.19. The zero-order valence-corrected chi connectivity index (χ0v) is 9.88. The fourth-order valence-corrected chi connectivity index (χ4v) is 2.11. The largest absolute Gasteiger partial charge is 0.326 e. The SMILES string of the molecule is NCc1cncc(-c2cccc3ccncc23)c1. The van der Waals surface area contributed by atoms with Crippen LogP contribution < -0.4 is 5.73 Å². The van der Waals surface area contributed by atoms with E-state index in [2.05, 4.69) is 28.2 Å². The highest BCUT2D eigenvalue weighted by atomic mass is 14.6. The van der Waals surface area contributed by atoms with Gasteiger partial charge in [-0.25, -0.2) is 0 Å². The number of hydrogen-bond donors (Lipinski definition) is 1. The van der Waals surface area contributed by atoms with E-state index in [0.717, 1.165) is 22.1 Å². The van der Waals surface area contributed by atoms with Gasteiger partial charge in [0.15, 0.2) is 0 Å². The molecule has 3 aromatic rings. The lowest BCUT2D eigenvalue weighted by atomic mass is 10.0. The van der Waals surface area contributed by atoms with Crippen molar-refractivity contribution in [3.8, 4) is 11.1 Å². The van der Waals surface area contributed by atoms with E-state index in [1.54, 1.807) is 12.4 Å². The van der Waals surface area contributed by atoms with E-state index in [1.165, 1.54) is 5.39 Å². The maximum Gasteiger partial charge on any atom is 0.0352 e. The first-order chi connectivity index (χ1) is 8.88. The van der Waals surface area contributed by atoms with Gasteiger partial charge in [0, 0.05) is 42.3 Å². The molecule has 0 unspecified atom stereocenters. The van der Waals surface area contributed by atoms with E-state index in [0.29, 0.717) is 6.54 Å². The van der Waals surface area contributed by atoms with Crippen molar-refractivity contribution in [2.45, 2.75) is 6.54 Å². The Morgan fingerprint density at radius 1 is 1.00 bits per heavy atom. The zero-order valence-electron chi connectivity index (χ0n) is 9.88. The fourth-order valence-electron chi connectivity index (χ4n) is 2.11. The predicted molar refractivity (Wildman–Crippen MR) is 72.9 cm³/mol. The number of hydrogen-bond acceptors (Lipinski definition) is 3. The Morgan fingerprint density at radius 3 is 2.83 bits per heavy atom. The van der Waals surface area contributed by atoms with Crippen LogP contribution in [-0.2, 0) is 6.54 Å². The van der Waals surface area contributed by atoms with E-state index in [4.69, 9.17) is 5.73 Å². The van der Waals surface area contributed by atoms with Crippen molar-refractivity contribution in [2.24, 2.45) is 5.73 Å². The Bertz CT molecular complexity index is 687. The first-order valence-corrected chi connectivity index (χ1v) is 5.85. The minimum atomic E-state index is 0.504. The molecular formula is C15H13N3. The highest BCUT2D eigenvalue weighted by Gasteiger charge is 2.04. The maximum absolute atomic E-state index is 5.66. The molecule has 0 amide bonds. The molecule has 88 valence electrons. The number of nitrogens with two attached hydrogens (primary N) is 1. The third-order valence-corrected chi connectivity index (χ3v) is 3.03. The summed E-state index contributed by atoms with van der Waals surface area (Å²) < 4.78 is 0. The van der Waals surface area contributed by atoms with Gasteiger partial charge in [0.2, 0.25) is 0 Å². The van der Waals surface area contributed by atoms with Crippen molar-refractivity contribution in [1.29, 1.82) is 0 Å². The summed E-state index contributed by atoms with van der Waals surface area (Å²) in [5.41, 5.74) is 8.91. The van der Waals surface area contributed by atoms with Gasteiger partial charge in [-0.3, -0.25) is 9.97 Å². The first kappa shape index (κ1) is 10.9. The minimum Gasteiger partial charge on any atom is -0.326 e. The van der Waals surface area contributed by atoms with Gasteiger partial charge < -0.3 is 5.73 Å². The molecule has 0 fully saturated rings. The van der Waals surface area contributed by atoms with Gasteiger partial charge in [-0.1, -0.05) is 18.2 Å². The molecule has 3 rings (SSSR count). The van der Waals surface area contributed by atoms with Gasteiger partial charge >= 0.3 is 0 Å². The van der Waals surface area contributed by atoms with E-state index >= 15 is 0 Å². The van der Waals surface area contributed by atoms with Crippen LogP contribution in [0, 0.1) is 0 Å². The van der Waals surface area contributed by atoms with Crippen molar-refractivity contribution in [3.63, 3.8) is 0 Å². The Balaban J connectivity index is 2.24. The molecule has 0 aliphatic heterocycles. The second kappa shape index (κ2) is 4.55. The first-order valence-electron chi connectivity index (χ1n) is 5.85. The summed E-state index contributed by atoms with van der Waals surface area (Å²) in [6, 6.07) is 10.3. The molecule has 2 N–H and O–H groups in total. The van der Waals surface area contributed by atoms with E-state index < -0.39 is 0 Å². The second-order valence-electron chi connectivity index (χ2n) is 4.19. The summed E-state index contributed by atoms with van der Waals surface area (Å²) in [4.78, 5) is 8.43. The summed E-state index contributed by atoms with van der Waals surface area (Å²) >= 11 is 0. The third kappa shape index (κ3) is 1.85. The normalized spacial score (nSPS) is 10.7. The van der Waals surface area contributed by atoms with Gasteiger partial charge in [0.25, 0.3) is 0 Å². The minimum absolute atomic E-state index is 0.504. The van der Waals surface area contributed by atoms with Crippen molar-refractivity contribution in [3.05, 3.63) is 60.7 Å². The molecule has 0 saturated heterocycles. The summed E-state index contributed by atoms with van der Waals surface area (Å²) in [5.74, 6) is 0. The Morgan fingerprint density at radius 2 is 1.94 bits per heavy atom. The average molecular weight is 235 g/mol. The highest BCUT2D eigenvalue weighted by Crippen LogP contribution is 2.27. The number of nitrogens with zero attached hydrogens (tertiary/aromatic N) is 2. The Kier molecular flexibility index (Phi) is 2.74. The third-order valence-electron chi connectivity index (χ3n) is 3.03. The molecule has 3 heteroatoms. The topological polar surface area (TPSA) is 51.8 Å². The number of benzene rings is 1. The number of rotatable bonds is 2. The molecular weight excluding hydrogens is 222 g/mol. The molecule has 0 radical (unpaired) electrons. The van der Waals surface area contributed by atoms with Crippen molar-refractivity contribution in [1.82, 2.24) is 9.97 Å². The molecule has 0 spiro atoms. The molecule has 2 heterocycles. The fraction of sp³-hybridized carbons (Fsp3) is 0.0667. The van der Waals surface area contributed by atoms with Gasteiger partial charge in [0.05, 0.1) is 0 Å². The molecule has 1 aromatic carbocycles. The van der Waals surface area contributed by atoms with Crippen LogP contribution in [0.15, 0.2) is 55.1 Å². The van der Waals surface area contributed by atoms with Crippen LogP contribution in [0.5, 0.6) is 0 Å². The summed E-state index contributed by atoms with van der Waals surface area (Å²) in [5, 5.41) is 2.32. The molecule has 0 bridgehead atoms. The van der Waals surface area contributed by atoms with Crippen LogP contribution in [0.4, 0.5) is 0 Å². The van der Waals surface area contributed by atoms with Crippen LogP contribution in [0.1, 0.15) is 5.56 Å². The Labute approximate surface area is 105 Å². The van der Waals surface area contributed by atoms with Crippen LogP contribution in [0.3, 0.4) is 0 Å². The van der Waals surface area contributed by atoms with Crippen LogP contribution >= 0.6 is 0 Å². The molecule has 2 aromatic heterocycles. The predicted octanol–water partition coefficient (Wildman–Crippen LogP) is 2.76. The van der Waals surface area contributed by atoms with Crippen molar-refractivity contribution in [2.75, 3.05) is 0 Å². The Hall–Kier alpha value is -2.26.